The van der Waals surface area contributed by atoms with Crippen molar-refractivity contribution in [1.29, 1.82) is 0 Å². The maximum absolute atomic E-state index is 14.1. The van der Waals surface area contributed by atoms with Crippen LogP contribution < -0.4 is 19.9 Å². The van der Waals surface area contributed by atoms with Gasteiger partial charge in [-0.2, -0.15) is 0 Å². The Morgan fingerprint density at radius 1 is 0.833 bits per heavy atom. The highest BCUT2D eigenvalue weighted by Gasteiger charge is 2.30. The summed E-state index contributed by atoms with van der Waals surface area (Å²) in [4.78, 5) is 15.7. The number of nitrogens with zero attached hydrogens (tertiary/aromatic N) is 2. The molecule has 1 fully saturated rings. The number of methoxy groups -OCH3 is 1. The summed E-state index contributed by atoms with van der Waals surface area (Å²) in [5.74, 6) is -10.1. The molecule has 0 unspecified atom stereocenters. The smallest absolute Gasteiger partial charge is 0.259 e. The van der Waals surface area contributed by atoms with Gasteiger partial charge in [-0.3, -0.25) is 4.79 Å². The fraction of sp³-hybridized carbons (Fsp3) is 0.208. The Labute approximate surface area is 213 Å². The number of benzene rings is 3. The summed E-state index contributed by atoms with van der Waals surface area (Å²) in [6.45, 7) is 0.602. The number of halogens is 7. The van der Waals surface area contributed by atoms with Gasteiger partial charge in [-0.05, 0) is 36.4 Å². The Balaban J connectivity index is 1.43. The third-order valence-electron chi connectivity index (χ3n) is 5.73. The van der Waals surface area contributed by atoms with Crippen LogP contribution in [-0.2, 0) is 0 Å². The van der Waals surface area contributed by atoms with Crippen LogP contribution in [0.2, 0.25) is 10.0 Å². The lowest BCUT2D eigenvalue weighted by Gasteiger charge is -2.37. The Morgan fingerprint density at radius 3 is 1.92 bits per heavy atom. The first-order valence-electron chi connectivity index (χ1n) is 10.6. The minimum atomic E-state index is -2.18. The second kappa shape index (κ2) is 10.4. The number of ether oxygens (including phenoxy) is 1. The van der Waals surface area contributed by atoms with E-state index in [1.807, 2.05) is 4.90 Å². The molecule has 0 aliphatic carbocycles. The summed E-state index contributed by atoms with van der Waals surface area (Å²) in [7, 11) is 1.38. The van der Waals surface area contributed by atoms with Crippen LogP contribution in [0.25, 0.3) is 0 Å². The molecule has 0 aromatic heterocycles. The van der Waals surface area contributed by atoms with E-state index >= 15 is 0 Å². The van der Waals surface area contributed by atoms with Crippen molar-refractivity contribution in [2.75, 3.05) is 48.4 Å². The van der Waals surface area contributed by atoms with Gasteiger partial charge >= 0.3 is 0 Å². The minimum Gasteiger partial charge on any atom is -0.494 e. The number of anilines is 3. The molecular weight excluding hydrogens is 528 g/mol. The average molecular weight is 546 g/mol. The van der Waals surface area contributed by atoms with Crippen molar-refractivity contribution < 1.29 is 31.5 Å². The van der Waals surface area contributed by atoms with Crippen LogP contribution in [0.4, 0.5) is 39.0 Å². The Morgan fingerprint density at radius 2 is 1.36 bits per heavy atom. The third-order valence-corrected chi connectivity index (χ3v) is 6.23. The van der Waals surface area contributed by atoms with E-state index in [0.29, 0.717) is 5.69 Å². The SMILES string of the molecule is COc1c(Cl)cc(Cl)cc1C(=O)Nc1ccc(N2CCN(c3c(F)c(F)c(F)c(F)c3F)CC2)cc1. The van der Waals surface area contributed by atoms with Crippen molar-refractivity contribution in [1.82, 2.24) is 0 Å². The van der Waals surface area contributed by atoms with Gasteiger partial charge in [0.05, 0.1) is 17.7 Å². The highest BCUT2D eigenvalue weighted by Crippen LogP contribution is 2.34. The van der Waals surface area contributed by atoms with Crippen LogP contribution in [0.15, 0.2) is 36.4 Å². The van der Waals surface area contributed by atoms with Gasteiger partial charge in [0.15, 0.2) is 23.3 Å². The fourth-order valence-corrected chi connectivity index (χ4v) is 4.52. The van der Waals surface area contributed by atoms with Gasteiger partial charge in [-0.15, -0.1) is 0 Å². The lowest BCUT2D eigenvalue weighted by Crippen LogP contribution is -2.47. The van der Waals surface area contributed by atoms with Gasteiger partial charge < -0.3 is 19.9 Å². The van der Waals surface area contributed by atoms with Gasteiger partial charge in [0.25, 0.3) is 5.91 Å². The summed E-state index contributed by atoms with van der Waals surface area (Å²) < 4.78 is 73.9. The Kier molecular flexibility index (Phi) is 7.46. The molecule has 36 heavy (non-hydrogen) atoms. The van der Waals surface area contributed by atoms with Crippen molar-refractivity contribution in [3.8, 4) is 5.75 Å². The summed E-state index contributed by atoms with van der Waals surface area (Å²) in [6.07, 6.45) is 0. The third kappa shape index (κ3) is 4.87. The second-order valence-corrected chi connectivity index (χ2v) is 8.71. The summed E-state index contributed by atoms with van der Waals surface area (Å²) in [5, 5.41) is 3.19. The predicted molar refractivity (Wildman–Crippen MR) is 128 cm³/mol. The van der Waals surface area contributed by atoms with E-state index in [2.05, 4.69) is 5.32 Å². The Bertz CT molecular complexity index is 1290. The number of piperazine rings is 1. The highest BCUT2D eigenvalue weighted by molar-refractivity contribution is 6.36. The van der Waals surface area contributed by atoms with Crippen molar-refractivity contribution in [3.63, 3.8) is 0 Å². The van der Waals surface area contributed by atoms with Crippen molar-refractivity contribution in [3.05, 3.63) is 81.1 Å². The molecule has 1 heterocycles. The number of hydrogen-bond acceptors (Lipinski definition) is 4. The fourth-order valence-electron chi connectivity index (χ4n) is 3.95. The van der Waals surface area contributed by atoms with E-state index in [1.165, 1.54) is 19.2 Å². The number of hydrogen-bond donors (Lipinski definition) is 1. The van der Waals surface area contributed by atoms with Crippen LogP contribution in [0.3, 0.4) is 0 Å². The molecule has 3 aromatic carbocycles. The van der Waals surface area contributed by atoms with E-state index in [1.54, 1.807) is 24.3 Å². The molecule has 0 bridgehead atoms. The Hall–Kier alpha value is -3.24. The predicted octanol–water partition coefficient (Wildman–Crippen LogP) is 6.28. The van der Waals surface area contributed by atoms with E-state index < -0.39 is 40.7 Å². The van der Waals surface area contributed by atoms with E-state index in [9.17, 15) is 26.7 Å². The molecule has 1 saturated heterocycles. The molecule has 0 atom stereocenters. The van der Waals surface area contributed by atoms with Crippen LogP contribution in [0.1, 0.15) is 10.4 Å². The van der Waals surface area contributed by atoms with Crippen molar-refractivity contribution >= 4 is 46.2 Å². The van der Waals surface area contributed by atoms with Crippen molar-refractivity contribution in [2.45, 2.75) is 0 Å². The maximum Gasteiger partial charge on any atom is 0.259 e. The van der Waals surface area contributed by atoms with Crippen LogP contribution in [0.5, 0.6) is 5.75 Å². The summed E-state index contributed by atoms with van der Waals surface area (Å²) >= 11 is 12.1. The first-order chi connectivity index (χ1) is 17.1. The molecule has 190 valence electrons. The zero-order chi connectivity index (χ0) is 26.1. The minimum absolute atomic E-state index is 0.0339. The quantitative estimate of drug-likeness (QED) is 0.233. The normalized spacial score (nSPS) is 13.7. The average Bonchev–Trinajstić information content (AvgIpc) is 2.87. The number of nitrogens with one attached hydrogen (secondary N) is 1. The molecule has 1 N–H and O–H groups in total. The summed E-state index contributed by atoms with van der Waals surface area (Å²) in [5.41, 5.74) is 0.444. The van der Waals surface area contributed by atoms with Crippen molar-refractivity contribution in [2.24, 2.45) is 0 Å². The second-order valence-electron chi connectivity index (χ2n) is 7.86. The monoisotopic (exact) mass is 545 g/mol. The van der Waals surface area contributed by atoms with E-state index in [4.69, 9.17) is 27.9 Å². The molecule has 3 aromatic rings. The molecule has 4 rings (SSSR count). The first-order valence-corrected chi connectivity index (χ1v) is 11.3. The van der Waals surface area contributed by atoms with Gasteiger partial charge in [0, 0.05) is 42.6 Å². The van der Waals surface area contributed by atoms with E-state index in [-0.39, 0.29) is 47.5 Å². The van der Waals surface area contributed by atoms with Gasteiger partial charge in [-0.25, -0.2) is 22.0 Å². The number of carbonyl (C=O) groups excluding carboxylic acids is 1. The molecule has 12 heteroatoms. The van der Waals surface area contributed by atoms with Crippen LogP contribution in [-0.4, -0.2) is 39.2 Å². The molecule has 0 saturated carbocycles. The van der Waals surface area contributed by atoms with Crippen LogP contribution >= 0.6 is 23.2 Å². The molecule has 1 aliphatic rings. The number of carbonyl (C=O) groups is 1. The zero-order valence-electron chi connectivity index (χ0n) is 18.6. The number of rotatable bonds is 5. The van der Waals surface area contributed by atoms with Gasteiger partial charge in [0.2, 0.25) is 5.82 Å². The molecule has 1 aliphatic heterocycles. The molecule has 1 amide bonds. The molecule has 5 nitrogen and oxygen atoms in total. The summed E-state index contributed by atoms with van der Waals surface area (Å²) in [6, 6.07) is 9.65. The van der Waals surface area contributed by atoms with Crippen LogP contribution in [0, 0.1) is 29.1 Å². The zero-order valence-corrected chi connectivity index (χ0v) is 20.2. The topological polar surface area (TPSA) is 44.8 Å². The number of amides is 1. The molecular formula is C24H18Cl2F5N3O2. The first kappa shape index (κ1) is 25.8. The largest absolute Gasteiger partial charge is 0.494 e. The lowest BCUT2D eigenvalue weighted by molar-refractivity contribution is 0.102. The standard InChI is InChI=1S/C24H18Cl2F5N3O2/c1-36-23-15(10-12(25)11-16(23)26)24(35)32-13-2-4-14(5-3-13)33-6-8-34(9-7-33)22-20(30)18(28)17(27)19(29)21(22)31/h2-5,10-11H,6-9H2,1H3,(H,32,35). The van der Waals surface area contributed by atoms with E-state index in [0.717, 1.165) is 10.6 Å². The van der Waals surface area contributed by atoms with Gasteiger partial charge in [-0.1, -0.05) is 23.2 Å². The molecule has 0 radical (unpaired) electrons. The highest BCUT2D eigenvalue weighted by atomic mass is 35.5. The van der Waals surface area contributed by atoms with Gasteiger partial charge in [0.1, 0.15) is 11.4 Å². The molecule has 0 spiro atoms. The lowest BCUT2D eigenvalue weighted by atomic mass is 10.1. The maximum atomic E-state index is 14.1.